The average molecular weight is 397 g/mol. The predicted molar refractivity (Wildman–Crippen MR) is 100 cm³/mol. The SMILES string of the molecule is N#Cc1cnn(-c2ccc(NC(=O)Cc3ccccc3O)cc2S(N)(=O)=O)c1. The highest BCUT2D eigenvalue weighted by molar-refractivity contribution is 7.89. The molecule has 142 valence electrons. The number of phenolic OH excluding ortho intramolecular Hbond substituents is 1. The zero-order chi connectivity index (χ0) is 20.3. The van der Waals surface area contributed by atoms with E-state index in [-0.39, 0.29) is 34.0 Å². The Labute approximate surface area is 160 Å². The van der Waals surface area contributed by atoms with Gasteiger partial charge in [0.1, 0.15) is 16.7 Å². The van der Waals surface area contributed by atoms with Crippen LogP contribution in [0.15, 0.2) is 59.8 Å². The number of amides is 1. The minimum Gasteiger partial charge on any atom is -0.508 e. The highest BCUT2D eigenvalue weighted by Gasteiger charge is 2.18. The molecule has 0 aliphatic heterocycles. The summed E-state index contributed by atoms with van der Waals surface area (Å²) in [7, 11) is -4.14. The highest BCUT2D eigenvalue weighted by Crippen LogP contribution is 2.24. The number of carbonyl (C=O) groups is 1. The summed E-state index contributed by atoms with van der Waals surface area (Å²) in [5, 5.41) is 30.5. The second-order valence-electron chi connectivity index (χ2n) is 5.87. The fourth-order valence-corrected chi connectivity index (χ4v) is 3.30. The minimum atomic E-state index is -4.14. The van der Waals surface area contributed by atoms with Gasteiger partial charge in [-0.05, 0) is 24.3 Å². The Morgan fingerprint density at radius 1 is 1.29 bits per heavy atom. The predicted octanol–water partition coefficient (Wildman–Crippen LogP) is 1.28. The molecular formula is C18H15N5O4S. The maximum absolute atomic E-state index is 12.2. The first-order valence-electron chi connectivity index (χ1n) is 7.96. The zero-order valence-electron chi connectivity index (χ0n) is 14.4. The molecule has 0 spiro atoms. The summed E-state index contributed by atoms with van der Waals surface area (Å²) in [5.74, 6) is -0.453. The van der Waals surface area contributed by atoms with Crippen molar-refractivity contribution in [1.82, 2.24) is 9.78 Å². The molecule has 2 aromatic carbocycles. The van der Waals surface area contributed by atoms with Gasteiger partial charge in [0, 0.05) is 17.4 Å². The number of para-hydroxylation sites is 1. The van der Waals surface area contributed by atoms with E-state index in [1.54, 1.807) is 18.2 Å². The number of nitriles is 1. The minimum absolute atomic E-state index is 0.00907. The molecule has 4 N–H and O–H groups in total. The number of aromatic hydroxyl groups is 1. The van der Waals surface area contributed by atoms with Gasteiger partial charge in [0.05, 0.1) is 23.9 Å². The first kappa shape index (κ1) is 19.1. The van der Waals surface area contributed by atoms with E-state index in [0.29, 0.717) is 5.56 Å². The summed E-state index contributed by atoms with van der Waals surface area (Å²) < 4.78 is 25.2. The number of rotatable bonds is 5. The quantitative estimate of drug-likeness (QED) is 0.590. The van der Waals surface area contributed by atoms with Gasteiger partial charge in [-0.2, -0.15) is 10.4 Å². The largest absolute Gasteiger partial charge is 0.508 e. The Balaban J connectivity index is 1.90. The van der Waals surface area contributed by atoms with Gasteiger partial charge in [-0.1, -0.05) is 18.2 Å². The lowest BCUT2D eigenvalue weighted by Gasteiger charge is -2.11. The number of nitrogens with zero attached hydrogens (tertiary/aromatic N) is 3. The third-order valence-electron chi connectivity index (χ3n) is 3.85. The summed E-state index contributed by atoms with van der Waals surface area (Å²) in [5.41, 5.74) is 1.04. The summed E-state index contributed by atoms with van der Waals surface area (Å²) >= 11 is 0. The van der Waals surface area contributed by atoms with E-state index in [4.69, 9.17) is 10.4 Å². The van der Waals surface area contributed by atoms with Crippen LogP contribution in [0.3, 0.4) is 0 Å². The van der Waals surface area contributed by atoms with Gasteiger partial charge in [0.2, 0.25) is 15.9 Å². The number of sulfonamides is 1. The second-order valence-corrected chi connectivity index (χ2v) is 7.40. The number of anilines is 1. The smallest absolute Gasteiger partial charge is 0.240 e. The molecule has 0 fully saturated rings. The van der Waals surface area contributed by atoms with Crippen LogP contribution >= 0.6 is 0 Å². The number of primary sulfonamides is 1. The van der Waals surface area contributed by atoms with Crippen molar-refractivity contribution in [2.75, 3.05) is 5.32 Å². The van der Waals surface area contributed by atoms with Crippen LogP contribution in [0.25, 0.3) is 5.69 Å². The Hall–Kier alpha value is -3.68. The van der Waals surface area contributed by atoms with Crippen LogP contribution in [0, 0.1) is 11.3 Å². The Kier molecular flexibility index (Phi) is 5.12. The first-order valence-corrected chi connectivity index (χ1v) is 9.51. The van der Waals surface area contributed by atoms with Gasteiger partial charge in [-0.3, -0.25) is 4.79 Å². The standard InChI is InChI=1S/C18H15N5O4S/c19-9-12-10-21-23(11-12)15-6-5-14(8-17(15)28(20,26)27)22-18(25)7-13-3-1-2-4-16(13)24/h1-6,8,10-11,24H,7H2,(H,22,25)(H2,20,26,27). The summed E-state index contributed by atoms with van der Waals surface area (Å²) in [6.45, 7) is 0. The summed E-state index contributed by atoms with van der Waals surface area (Å²) in [4.78, 5) is 12.0. The molecule has 0 bridgehead atoms. The van der Waals surface area contributed by atoms with Gasteiger partial charge < -0.3 is 10.4 Å². The molecule has 9 nitrogen and oxygen atoms in total. The molecule has 1 heterocycles. The van der Waals surface area contributed by atoms with Crippen LogP contribution in [0.5, 0.6) is 5.75 Å². The van der Waals surface area contributed by atoms with Crippen molar-refractivity contribution in [3.63, 3.8) is 0 Å². The monoisotopic (exact) mass is 397 g/mol. The molecule has 0 saturated carbocycles. The number of hydrogen-bond donors (Lipinski definition) is 3. The molecule has 3 rings (SSSR count). The van der Waals surface area contributed by atoms with Crippen molar-refractivity contribution in [3.05, 3.63) is 66.0 Å². The molecule has 0 aliphatic carbocycles. The Morgan fingerprint density at radius 3 is 2.68 bits per heavy atom. The molecule has 10 heteroatoms. The molecule has 0 radical (unpaired) electrons. The van der Waals surface area contributed by atoms with E-state index in [1.807, 2.05) is 6.07 Å². The summed E-state index contributed by atoms with van der Waals surface area (Å²) in [6, 6.07) is 12.4. The highest BCUT2D eigenvalue weighted by atomic mass is 32.2. The van der Waals surface area contributed by atoms with Crippen molar-refractivity contribution >= 4 is 21.6 Å². The van der Waals surface area contributed by atoms with E-state index in [2.05, 4.69) is 10.4 Å². The number of aromatic nitrogens is 2. The molecule has 1 amide bonds. The van der Waals surface area contributed by atoms with E-state index < -0.39 is 15.9 Å². The van der Waals surface area contributed by atoms with Crippen LogP contribution in [-0.4, -0.2) is 29.2 Å². The van der Waals surface area contributed by atoms with Crippen LogP contribution < -0.4 is 10.5 Å². The lowest BCUT2D eigenvalue weighted by atomic mass is 10.1. The number of benzene rings is 2. The number of nitrogens with two attached hydrogens (primary N) is 1. The van der Waals surface area contributed by atoms with E-state index in [0.717, 1.165) is 0 Å². The first-order chi connectivity index (χ1) is 13.3. The third-order valence-corrected chi connectivity index (χ3v) is 4.79. The summed E-state index contributed by atoms with van der Waals surface area (Å²) in [6.07, 6.45) is 2.55. The molecule has 0 saturated heterocycles. The van der Waals surface area contributed by atoms with Crippen LogP contribution in [-0.2, 0) is 21.2 Å². The van der Waals surface area contributed by atoms with Crippen LogP contribution in [0.1, 0.15) is 11.1 Å². The van der Waals surface area contributed by atoms with Gasteiger partial charge in [0.25, 0.3) is 0 Å². The number of carbonyl (C=O) groups excluding carboxylic acids is 1. The lowest BCUT2D eigenvalue weighted by Crippen LogP contribution is -2.18. The van der Waals surface area contributed by atoms with Gasteiger partial charge >= 0.3 is 0 Å². The molecule has 28 heavy (non-hydrogen) atoms. The Morgan fingerprint density at radius 2 is 2.04 bits per heavy atom. The van der Waals surface area contributed by atoms with Crippen molar-refractivity contribution < 1.29 is 18.3 Å². The Bertz CT molecular complexity index is 1190. The van der Waals surface area contributed by atoms with Crippen molar-refractivity contribution in [2.24, 2.45) is 5.14 Å². The van der Waals surface area contributed by atoms with Gasteiger partial charge in [-0.25, -0.2) is 18.2 Å². The molecule has 3 aromatic rings. The van der Waals surface area contributed by atoms with Crippen molar-refractivity contribution in [1.29, 1.82) is 5.26 Å². The van der Waals surface area contributed by atoms with Crippen molar-refractivity contribution in [2.45, 2.75) is 11.3 Å². The number of nitrogens with one attached hydrogen (secondary N) is 1. The maximum atomic E-state index is 12.2. The van der Waals surface area contributed by atoms with E-state index in [1.165, 1.54) is 41.3 Å². The molecule has 0 atom stereocenters. The van der Waals surface area contributed by atoms with Gasteiger partial charge in [-0.15, -0.1) is 0 Å². The molecule has 0 unspecified atom stereocenters. The molecule has 1 aromatic heterocycles. The van der Waals surface area contributed by atoms with Crippen molar-refractivity contribution in [3.8, 4) is 17.5 Å². The fourth-order valence-electron chi connectivity index (χ4n) is 2.56. The fraction of sp³-hybridized carbons (Fsp3) is 0.0556. The molecule has 0 aliphatic rings. The van der Waals surface area contributed by atoms with E-state index >= 15 is 0 Å². The normalized spacial score (nSPS) is 11.0. The zero-order valence-corrected chi connectivity index (χ0v) is 15.2. The van der Waals surface area contributed by atoms with Crippen LogP contribution in [0.4, 0.5) is 5.69 Å². The van der Waals surface area contributed by atoms with E-state index in [9.17, 15) is 18.3 Å². The van der Waals surface area contributed by atoms with Gasteiger partial charge in [0.15, 0.2) is 0 Å². The lowest BCUT2D eigenvalue weighted by molar-refractivity contribution is -0.115. The molecular weight excluding hydrogens is 382 g/mol. The number of hydrogen-bond acceptors (Lipinski definition) is 6. The maximum Gasteiger partial charge on any atom is 0.240 e. The number of phenols is 1. The third kappa shape index (κ3) is 4.17. The topological polar surface area (TPSA) is 151 Å². The average Bonchev–Trinajstić information content (AvgIpc) is 3.12. The van der Waals surface area contributed by atoms with Crippen LogP contribution in [0.2, 0.25) is 0 Å². The second kappa shape index (κ2) is 7.51.